The highest BCUT2D eigenvalue weighted by molar-refractivity contribution is 5.52. The summed E-state index contributed by atoms with van der Waals surface area (Å²) in [5, 5.41) is 3.40. The highest BCUT2D eigenvalue weighted by atomic mass is 15.2. The number of likely N-dealkylation sites (N-methyl/N-ethyl adjacent to an activating group) is 1. The number of fused-ring (bicyclic) bond motifs is 1. The first-order valence-electron chi connectivity index (χ1n) is 9.50. The molecule has 1 fully saturated rings. The second kappa shape index (κ2) is 13.4. The zero-order chi connectivity index (χ0) is 17.7. The summed E-state index contributed by atoms with van der Waals surface area (Å²) in [6.45, 7) is 19.0. The first kappa shape index (κ1) is 21.9. The smallest absolute Gasteiger partial charge is 0.0370 e. The average Bonchev–Trinajstić information content (AvgIpc) is 3.07. The van der Waals surface area contributed by atoms with Crippen molar-refractivity contribution in [1.29, 1.82) is 0 Å². The predicted molar refractivity (Wildman–Crippen MR) is 105 cm³/mol. The van der Waals surface area contributed by atoms with Gasteiger partial charge in [-0.15, -0.1) is 0 Å². The van der Waals surface area contributed by atoms with Crippen molar-refractivity contribution >= 4 is 5.69 Å². The number of rotatable bonds is 1. The third-order valence-corrected chi connectivity index (χ3v) is 3.69. The maximum atomic E-state index is 3.40. The van der Waals surface area contributed by atoms with Crippen molar-refractivity contribution in [3.63, 3.8) is 0 Å². The van der Waals surface area contributed by atoms with Gasteiger partial charge in [-0.05, 0) is 30.3 Å². The van der Waals surface area contributed by atoms with Gasteiger partial charge in [0, 0.05) is 45.0 Å². The van der Waals surface area contributed by atoms with Gasteiger partial charge in [-0.1, -0.05) is 54.0 Å². The Balaban J connectivity index is 0.000000609. The lowest BCUT2D eigenvalue weighted by atomic mass is 10.1. The van der Waals surface area contributed by atoms with Crippen LogP contribution in [0.1, 0.15) is 59.1 Å². The zero-order valence-corrected chi connectivity index (χ0v) is 16.6. The molecule has 0 amide bonds. The largest absolute Gasteiger partial charge is 0.369 e. The van der Waals surface area contributed by atoms with Crippen molar-refractivity contribution in [2.24, 2.45) is 0 Å². The number of hydrogen-bond acceptors (Lipinski definition) is 3. The number of benzene rings is 1. The Morgan fingerprint density at radius 1 is 0.870 bits per heavy atom. The van der Waals surface area contributed by atoms with Crippen LogP contribution in [0.2, 0.25) is 0 Å². The highest BCUT2D eigenvalue weighted by Crippen LogP contribution is 2.23. The summed E-state index contributed by atoms with van der Waals surface area (Å²) in [7, 11) is 2.20. The number of nitrogens with zero attached hydrogens (tertiary/aromatic N) is 2. The maximum Gasteiger partial charge on any atom is 0.0370 e. The van der Waals surface area contributed by atoms with Gasteiger partial charge in [-0.2, -0.15) is 0 Å². The molecule has 2 aliphatic rings. The maximum absolute atomic E-state index is 3.40. The van der Waals surface area contributed by atoms with Crippen molar-refractivity contribution in [2.75, 3.05) is 38.1 Å². The zero-order valence-electron chi connectivity index (χ0n) is 16.6. The summed E-state index contributed by atoms with van der Waals surface area (Å²) in [5.74, 6) is 0. The molecular weight excluding hydrogens is 282 g/mol. The first-order chi connectivity index (χ1) is 11.2. The Bertz CT molecular complexity index is 396. The van der Waals surface area contributed by atoms with E-state index < -0.39 is 0 Å². The van der Waals surface area contributed by atoms with E-state index in [1.807, 2.05) is 27.7 Å². The van der Waals surface area contributed by atoms with Crippen molar-refractivity contribution in [3.8, 4) is 0 Å². The van der Waals surface area contributed by atoms with Crippen LogP contribution < -0.4 is 10.2 Å². The monoisotopic (exact) mass is 321 g/mol. The summed E-state index contributed by atoms with van der Waals surface area (Å²) in [6, 6.07) is 6.92. The molecule has 3 rings (SSSR count). The lowest BCUT2D eigenvalue weighted by molar-refractivity contribution is 0.313. The van der Waals surface area contributed by atoms with Crippen LogP contribution in [0.3, 0.4) is 0 Å². The molecule has 1 aromatic carbocycles. The molecule has 0 aromatic heterocycles. The minimum atomic E-state index is 1.04. The van der Waals surface area contributed by atoms with Crippen molar-refractivity contribution in [1.82, 2.24) is 10.2 Å². The quantitative estimate of drug-likeness (QED) is 0.821. The van der Waals surface area contributed by atoms with E-state index in [2.05, 4.69) is 54.2 Å². The molecule has 0 saturated carbocycles. The molecule has 3 heteroatoms. The van der Waals surface area contributed by atoms with Crippen LogP contribution in [0.5, 0.6) is 0 Å². The van der Waals surface area contributed by atoms with E-state index in [0.29, 0.717) is 0 Å². The van der Waals surface area contributed by atoms with Gasteiger partial charge in [0.25, 0.3) is 0 Å². The number of anilines is 1. The molecule has 0 aliphatic carbocycles. The minimum Gasteiger partial charge on any atom is -0.369 e. The molecule has 0 radical (unpaired) electrons. The summed E-state index contributed by atoms with van der Waals surface area (Å²) < 4.78 is 0. The Hall–Kier alpha value is -1.06. The second-order valence-electron chi connectivity index (χ2n) is 5.55. The molecule has 3 nitrogen and oxygen atoms in total. The topological polar surface area (TPSA) is 18.5 Å². The molecule has 0 atom stereocenters. The van der Waals surface area contributed by atoms with Gasteiger partial charge < -0.3 is 15.1 Å². The minimum absolute atomic E-state index is 1.04. The highest BCUT2D eigenvalue weighted by Gasteiger charge is 2.16. The predicted octanol–water partition coefficient (Wildman–Crippen LogP) is 4.51. The normalized spacial score (nSPS) is 16.0. The van der Waals surface area contributed by atoms with Gasteiger partial charge in [0.05, 0.1) is 0 Å². The molecule has 2 aliphatic heterocycles. The molecular formula is C20H39N3. The fraction of sp³-hybridized carbons (Fsp3) is 0.700. The molecule has 1 aromatic rings. The van der Waals surface area contributed by atoms with Gasteiger partial charge in [-0.3, -0.25) is 0 Å². The fourth-order valence-electron chi connectivity index (χ4n) is 2.54. The number of hydrogen-bond donors (Lipinski definition) is 1. The van der Waals surface area contributed by atoms with Gasteiger partial charge in [0.2, 0.25) is 0 Å². The van der Waals surface area contributed by atoms with Crippen molar-refractivity contribution in [2.45, 2.75) is 61.1 Å². The first-order valence-corrected chi connectivity index (χ1v) is 9.50. The van der Waals surface area contributed by atoms with Crippen LogP contribution in [0.25, 0.3) is 0 Å². The lowest BCUT2D eigenvalue weighted by Crippen LogP contribution is -2.44. The molecule has 23 heavy (non-hydrogen) atoms. The van der Waals surface area contributed by atoms with Crippen LogP contribution in [0.15, 0.2) is 18.2 Å². The van der Waals surface area contributed by atoms with E-state index >= 15 is 0 Å². The van der Waals surface area contributed by atoms with Crippen LogP contribution in [0.4, 0.5) is 5.69 Å². The van der Waals surface area contributed by atoms with E-state index in [4.69, 9.17) is 0 Å². The van der Waals surface area contributed by atoms with Crippen molar-refractivity contribution in [3.05, 3.63) is 29.3 Å². The van der Waals surface area contributed by atoms with E-state index in [-0.39, 0.29) is 0 Å². The van der Waals surface area contributed by atoms with E-state index in [9.17, 15) is 0 Å². The van der Waals surface area contributed by atoms with E-state index in [1.54, 1.807) is 0 Å². The Labute approximate surface area is 145 Å². The standard InChI is InChI=1S/C13H19N3.C3H8.2C2H6/c1-15-4-6-16(7-5-15)13-3-2-11-9-14-10-12(11)8-13;1-3-2;2*1-2/h2-3,8,14H,4-7,9-10H2,1H3;3H2,1-2H3;2*1-2H3. The van der Waals surface area contributed by atoms with Gasteiger partial charge in [-0.25, -0.2) is 0 Å². The van der Waals surface area contributed by atoms with Crippen LogP contribution in [-0.2, 0) is 13.1 Å². The van der Waals surface area contributed by atoms with Gasteiger partial charge >= 0.3 is 0 Å². The molecule has 0 unspecified atom stereocenters. The second-order valence-corrected chi connectivity index (χ2v) is 5.55. The third-order valence-electron chi connectivity index (χ3n) is 3.69. The van der Waals surface area contributed by atoms with Crippen LogP contribution in [-0.4, -0.2) is 38.1 Å². The molecule has 134 valence electrons. The molecule has 0 bridgehead atoms. The summed E-state index contributed by atoms with van der Waals surface area (Å²) in [6.07, 6.45) is 1.25. The summed E-state index contributed by atoms with van der Waals surface area (Å²) >= 11 is 0. The SMILES string of the molecule is CC.CC.CCC.CN1CCN(c2ccc3c(c2)CNC3)CC1. The van der Waals surface area contributed by atoms with Crippen molar-refractivity contribution < 1.29 is 0 Å². The van der Waals surface area contributed by atoms with Crippen LogP contribution >= 0.6 is 0 Å². The van der Waals surface area contributed by atoms with Crippen LogP contribution in [0, 0.1) is 0 Å². The van der Waals surface area contributed by atoms with E-state index in [0.717, 1.165) is 26.2 Å². The Morgan fingerprint density at radius 3 is 1.96 bits per heavy atom. The molecule has 2 heterocycles. The summed E-state index contributed by atoms with van der Waals surface area (Å²) in [5.41, 5.74) is 4.35. The Morgan fingerprint density at radius 2 is 1.39 bits per heavy atom. The average molecular weight is 322 g/mol. The van der Waals surface area contributed by atoms with Gasteiger partial charge in [0.15, 0.2) is 0 Å². The lowest BCUT2D eigenvalue weighted by Gasteiger charge is -2.34. The van der Waals surface area contributed by atoms with E-state index in [1.165, 1.54) is 36.3 Å². The molecule has 1 saturated heterocycles. The van der Waals surface area contributed by atoms with Gasteiger partial charge in [0.1, 0.15) is 0 Å². The summed E-state index contributed by atoms with van der Waals surface area (Å²) in [4.78, 5) is 4.89. The molecule has 0 spiro atoms. The fourth-order valence-corrected chi connectivity index (χ4v) is 2.54. The third kappa shape index (κ3) is 7.36. The number of piperazine rings is 1. The number of nitrogens with one attached hydrogen (secondary N) is 1. The Kier molecular flexibility index (Phi) is 12.8. The molecule has 1 N–H and O–H groups in total.